The van der Waals surface area contributed by atoms with Crippen molar-refractivity contribution in [2.75, 3.05) is 6.61 Å². The van der Waals surface area contributed by atoms with Gasteiger partial charge in [-0.25, -0.2) is 0 Å². The van der Waals surface area contributed by atoms with E-state index in [1.54, 1.807) is 25.7 Å². The zero-order valence-corrected chi connectivity index (χ0v) is 26.3. The highest BCUT2D eigenvalue weighted by atomic mass is 16.5. The van der Waals surface area contributed by atoms with Crippen molar-refractivity contribution in [3.8, 4) is 0 Å². The maximum atomic E-state index is 5.99. The first-order chi connectivity index (χ1) is 19.7. The smallest absolute Gasteiger partial charge is 0.0575 e. The molecule has 40 heavy (non-hydrogen) atoms. The van der Waals surface area contributed by atoms with E-state index in [0.29, 0.717) is 6.10 Å². The van der Waals surface area contributed by atoms with Gasteiger partial charge in [-0.05, 0) is 188 Å². The van der Waals surface area contributed by atoms with Crippen molar-refractivity contribution in [2.45, 2.75) is 148 Å². The SMILES string of the molecule is C=CC1CCC(/C=C/C2CCC(C3CCC(C4CCC(/C=C/C5CCC(OCCC)CC5)CC4)CC3)CC2)CC1. The molecule has 5 aliphatic rings. The Morgan fingerprint density at radius 3 is 1.10 bits per heavy atom. The Hall–Kier alpha value is -0.820. The fraction of sp³-hybridized carbons (Fsp3) is 0.846. The van der Waals surface area contributed by atoms with Crippen molar-refractivity contribution >= 4 is 0 Å². The molecule has 0 bridgehead atoms. The van der Waals surface area contributed by atoms with Crippen molar-refractivity contribution in [3.05, 3.63) is 37.0 Å². The Labute approximate surface area is 249 Å². The highest BCUT2D eigenvalue weighted by Crippen LogP contribution is 2.46. The average molecular weight is 549 g/mol. The first-order valence-electron chi connectivity index (χ1n) is 18.3. The van der Waals surface area contributed by atoms with Crippen LogP contribution in [0.3, 0.4) is 0 Å². The molecule has 0 heterocycles. The van der Waals surface area contributed by atoms with Crippen molar-refractivity contribution < 1.29 is 4.74 Å². The Morgan fingerprint density at radius 1 is 0.450 bits per heavy atom. The van der Waals surface area contributed by atoms with Crippen LogP contribution >= 0.6 is 0 Å². The number of allylic oxidation sites excluding steroid dienone is 5. The van der Waals surface area contributed by atoms with Crippen LogP contribution in [0.15, 0.2) is 37.0 Å². The van der Waals surface area contributed by atoms with Gasteiger partial charge in [-0.1, -0.05) is 37.3 Å². The fourth-order valence-corrected chi connectivity index (χ4v) is 9.64. The molecule has 0 unspecified atom stereocenters. The van der Waals surface area contributed by atoms with Crippen LogP contribution in [-0.2, 0) is 4.74 Å². The van der Waals surface area contributed by atoms with Gasteiger partial charge in [-0.3, -0.25) is 0 Å². The van der Waals surface area contributed by atoms with E-state index in [-0.39, 0.29) is 0 Å². The second kappa shape index (κ2) is 16.1. The van der Waals surface area contributed by atoms with Crippen LogP contribution in [-0.4, -0.2) is 12.7 Å². The molecule has 5 aliphatic carbocycles. The molecule has 1 nitrogen and oxygen atoms in total. The summed E-state index contributed by atoms with van der Waals surface area (Å²) in [6.45, 7) is 7.18. The van der Waals surface area contributed by atoms with Gasteiger partial charge >= 0.3 is 0 Å². The molecule has 5 rings (SSSR count). The molecule has 0 spiro atoms. The predicted molar refractivity (Wildman–Crippen MR) is 172 cm³/mol. The quantitative estimate of drug-likeness (QED) is 0.247. The second-order valence-corrected chi connectivity index (χ2v) is 15.1. The lowest BCUT2D eigenvalue weighted by atomic mass is 9.65. The Balaban J connectivity index is 0.938. The van der Waals surface area contributed by atoms with Crippen LogP contribution in [0.5, 0.6) is 0 Å². The molecule has 0 atom stereocenters. The number of hydrogen-bond acceptors (Lipinski definition) is 1. The molecule has 0 saturated heterocycles. The van der Waals surface area contributed by atoms with Crippen LogP contribution in [0.2, 0.25) is 0 Å². The predicted octanol–water partition coefficient (Wildman–Crippen LogP) is 11.5. The van der Waals surface area contributed by atoms with E-state index in [1.165, 1.54) is 103 Å². The first-order valence-corrected chi connectivity index (χ1v) is 18.3. The summed E-state index contributed by atoms with van der Waals surface area (Å²) in [7, 11) is 0. The van der Waals surface area contributed by atoms with Crippen LogP contribution in [0.25, 0.3) is 0 Å². The average Bonchev–Trinajstić information content (AvgIpc) is 3.03. The van der Waals surface area contributed by atoms with E-state index in [1.807, 2.05) is 0 Å². The summed E-state index contributed by atoms with van der Waals surface area (Å²) < 4.78 is 5.99. The highest BCUT2D eigenvalue weighted by Gasteiger charge is 2.34. The lowest BCUT2D eigenvalue weighted by Crippen LogP contribution is -2.29. The van der Waals surface area contributed by atoms with Crippen molar-refractivity contribution in [1.29, 1.82) is 0 Å². The largest absolute Gasteiger partial charge is 0.378 e. The minimum Gasteiger partial charge on any atom is -0.378 e. The van der Waals surface area contributed by atoms with Gasteiger partial charge in [0.25, 0.3) is 0 Å². The second-order valence-electron chi connectivity index (χ2n) is 15.1. The molecule has 0 aromatic rings. The van der Waals surface area contributed by atoms with Gasteiger partial charge in [-0.15, -0.1) is 6.58 Å². The summed E-state index contributed by atoms with van der Waals surface area (Å²) in [6.07, 6.45) is 43.3. The summed E-state index contributed by atoms with van der Waals surface area (Å²) in [4.78, 5) is 0. The molecule has 226 valence electrons. The van der Waals surface area contributed by atoms with Gasteiger partial charge in [0.2, 0.25) is 0 Å². The standard InChI is InChI=1S/C39H64O/c1-3-29-40-39-27-17-34(18-28-39)12-11-33-15-21-36(22-16-33)38-25-23-37(24-26-38)35-19-13-32(14-20-35)10-9-31-7-5-30(4-2)6-8-31/h4,9-12,30-39H,2-3,5-8,13-29H2,1H3/b10-9+,12-11+. The van der Waals surface area contributed by atoms with E-state index in [4.69, 9.17) is 4.74 Å². The third-order valence-corrected chi connectivity index (χ3v) is 12.5. The maximum absolute atomic E-state index is 5.99. The van der Waals surface area contributed by atoms with Gasteiger partial charge in [-0.2, -0.15) is 0 Å². The zero-order valence-electron chi connectivity index (χ0n) is 26.3. The molecule has 5 saturated carbocycles. The lowest BCUT2D eigenvalue weighted by molar-refractivity contribution is 0.0226. The molecule has 0 radical (unpaired) electrons. The van der Waals surface area contributed by atoms with Gasteiger partial charge in [0.05, 0.1) is 6.10 Å². The van der Waals surface area contributed by atoms with E-state index in [9.17, 15) is 0 Å². The maximum Gasteiger partial charge on any atom is 0.0575 e. The van der Waals surface area contributed by atoms with Crippen LogP contribution < -0.4 is 0 Å². The Kier molecular flexibility index (Phi) is 12.4. The third-order valence-electron chi connectivity index (χ3n) is 12.5. The Bertz CT molecular complexity index is 755. The molecule has 0 amide bonds. The molecule has 5 fully saturated rings. The van der Waals surface area contributed by atoms with Gasteiger partial charge in [0, 0.05) is 6.61 Å². The molecule has 0 aromatic carbocycles. The molecule has 0 aliphatic heterocycles. The highest BCUT2D eigenvalue weighted by molar-refractivity contribution is 4.99. The van der Waals surface area contributed by atoms with E-state index in [0.717, 1.165) is 66.3 Å². The summed E-state index contributed by atoms with van der Waals surface area (Å²) >= 11 is 0. The van der Waals surface area contributed by atoms with Crippen molar-refractivity contribution in [3.63, 3.8) is 0 Å². The lowest BCUT2D eigenvalue weighted by Gasteiger charge is -2.41. The van der Waals surface area contributed by atoms with Crippen molar-refractivity contribution in [2.24, 2.45) is 53.3 Å². The number of rotatable bonds is 10. The van der Waals surface area contributed by atoms with E-state index < -0.39 is 0 Å². The number of ether oxygens (including phenoxy) is 1. The fourth-order valence-electron chi connectivity index (χ4n) is 9.64. The third kappa shape index (κ3) is 9.09. The topological polar surface area (TPSA) is 9.23 Å². The Morgan fingerprint density at radius 2 is 0.750 bits per heavy atom. The molecular formula is C39H64O. The van der Waals surface area contributed by atoms with Gasteiger partial charge in [0.1, 0.15) is 0 Å². The van der Waals surface area contributed by atoms with Crippen LogP contribution in [0, 0.1) is 53.3 Å². The van der Waals surface area contributed by atoms with E-state index >= 15 is 0 Å². The van der Waals surface area contributed by atoms with Crippen LogP contribution in [0.4, 0.5) is 0 Å². The molecule has 1 heteroatoms. The van der Waals surface area contributed by atoms with Gasteiger partial charge in [0.15, 0.2) is 0 Å². The molecule has 0 N–H and O–H groups in total. The van der Waals surface area contributed by atoms with Gasteiger partial charge < -0.3 is 4.74 Å². The van der Waals surface area contributed by atoms with E-state index in [2.05, 4.69) is 43.9 Å². The summed E-state index contributed by atoms with van der Waals surface area (Å²) in [5.41, 5.74) is 0. The monoisotopic (exact) mass is 548 g/mol. The minimum absolute atomic E-state index is 0.546. The number of hydrogen-bond donors (Lipinski definition) is 0. The van der Waals surface area contributed by atoms with Crippen molar-refractivity contribution in [1.82, 2.24) is 0 Å². The van der Waals surface area contributed by atoms with Crippen LogP contribution in [0.1, 0.15) is 142 Å². The molecule has 0 aromatic heterocycles. The summed E-state index contributed by atoms with van der Waals surface area (Å²) in [6, 6.07) is 0. The first kappa shape index (κ1) is 30.6. The zero-order chi connectivity index (χ0) is 27.6. The minimum atomic E-state index is 0.546. The summed E-state index contributed by atoms with van der Waals surface area (Å²) in [5.74, 6) is 8.40. The normalized spacial score (nSPS) is 41.8. The molecular weight excluding hydrogens is 484 g/mol. The summed E-state index contributed by atoms with van der Waals surface area (Å²) in [5, 5.41) is 0.